The van der Waals surface area contributed by atoms with Gasteiger partial charge in [-0.3, -0.25) is 4.90 Å². The van der Waals surface area contributed by atoms with Crippen molar-refractivity contribution < 1.29 is 4.74 Å². The molecule has 5 nitrogen and oxygen atoms in total. The van der Waals surface area contributed by atoms with Crippen LogP contribution >= 0.6 is 11.5 Å². The smallest absolute Gasteiger partial charge is 0.134 e. The Balaban J connectivity index is 2.00. The van der Waals surface area contributed by atoms with Gasteiger partial charge in [-0.25, -0.2) is 0 Å². The molecule has 1 saturated heterocycles. The lowest BCUT2D eigenvalue weighted by Crippen LogP contribution is -2.44. The molecule has 0 saturated carbocycles. The lowest BCUT2D eigenvalue weighted by atomic mass is 10.1. The van der Waals surface area contributed by atoms with Gasteiger partial charge in [0.15, 0.2) is 0 Å². The van der Waals surface area contributed by atoms with Crippen molar-refractivity contribution >= 4 is 16.5 Å². The van der Waals surface area contributed by atoms with Gasteiger partial charge in [0.1, 0.15) is 10.7 Å². The summed E-state index contributed by atoms with van der Waals surface area (Å²) in [4.78, 5) is 2.45. The zero-order valence-electron chi connectivity index (χ0n) is 10.5. The van der Waals surface area contributed by atoms with E-state index in [0.29, 0.717) is 6.04 Å². The predicted octanol–water partition coefficient (Wildman–Crippen LogP) is 1.58. The van der Waals surface area contributed by atoms with E-state index in [4.69, 9.17) is 4.74 Å². The Morgan fingerprint density at radius 3 is 3.18 bits per heavy atom. The summed E-state index contributed by atoms with van der Waals surface area (Å²) in [7, 11) is 0. The summed E-state index contributed by atoms with van der Waals surface area (Å²) >= 11 is 1.44. The van der Waals surface area contributed by atoms with Gasteiger partial charge in [-0.1, -0.05) is 11.4 Å². The highest BCUT2D eigenvalue weighted by Crippen LogP contribution is 2.21. The summed E-state index contributed by atoms with van der Waals surface area (Å²) < 4.78 is 9.54. The largest absolute Gasteiger partial charge is 0.378 e. The van der Waals surface area contributed by atoms with Gasteiger partial charge in [-0.05, 0) is 13.3 Å². The third-order valence-electron chi connectivity index (χ3n) is 3.07. The molecule has 1 unspecified atom stereocenters. The van der Waals surface area contributed by atoms with Gasteiger partial charge in [0, 0.05) is 37.2 Å². The molecule has 1 aromatic heterocycles. The zero-order valence-corrected chi connectivity index (χ0v) is 11.3. The number of morpholine rings is 1. The van der Waals surface area contributed by atoms with Crippen molar-refractivity contribution in [2.45, 2.75) is 32.9 Å². The fourth-order valence-electron chi connectivity index (χ4n) is 2.07. The first-order chi connectivity index (χ1) is 8.35. The summed E-state index contributed by atoms with van der Waals surface area (Å²) in [6, 6.07) is 0.514. The fraction of sp³-hybridized carbons (Fsp3) is 0.818. The van der Waals surface area contributed by atoms with Crippen LogP contribution in [0.3, 0.4) is 0 Å². The summed E-state index contributed by atoms with van der Waals surface area (Å²) in [5.41, 5.74) is 1.07. The van der Waals surface area contributed by atoms with E-state index in [2.05, 4.69) is 33.7 Å². The van der Waals surface area contributed by atoms with Gasteiger partial charge < -0.3 is 10.1 Å². The highest BCUT2D eigenvalue weighted by atomic mass is 32.1. The van der Waals surface area contributed by atoms with Crippen molar-refractivity contribution in [3.8, 4) is 0 Å². The summed E-state index contributed by atoms with van der Waals surface area (Å²) in [5.74, 6) is 0. The summed E-state index contributed by atoms with van der Waals surface area (Å²) in [6.07, 6.45) is 1.12. The van der Waals surface area contributed by atoms with Crippen LogP contribution in [-0.2, 0) is 11.3 Å². The maximum atomic E-state index is 5.51. The standard InChI is InChI=1S/C11H20N4OS/c1-3-9-8-16-6-5-15(9)7-10-11(12-4-2)17-14-13-10/h9,12H,3-8H2,1-2H3. The van der Waals surface area contributed by atoms with Crippen LogP contribution in [0, 0.1) is 0 Å². The normalized spacial score (nSPS) is 21.6. The van der Waals surface area contributed by atoms with E-state index in [1.807, 2.05) is 0 Å². The molecule has 0 amide bonds. The van der Waals surface area contributed by atoms with Crippen molar-refractivity contribution in [1.82, 2.24) is 14.5 Å². The average Bonchev–Trinajstić information content (AvgIpc) is 2.78. The van der Waals surface area contributed by atoms with E-state index in [1.165, 1.54) is 11.5 Å². The lowest BCUT2D eigenvalue weighted by molar-refractivity contribution is -0.0131. The summed E-state index contributed by atoms with van der Waals surface area (Å²) in [6.45, 7) is 8.73. The summed E-state index contributed by atoms with van der Waals surface area (Å²) in [5, 5.41) is 8.64. The van der Waals surface area contributed by atoms with Crippen molar-refractivity contribution in [2.75, 3.05) is 31.6 Å². The van der Waals surface area contributed by atoms with Gasteiger partial charge in [0.25, 0.3) is 0 Å². The minimum atomic E-state index is 0.514. The highest BCUT2D eigenvalue weighted by molar-refractivity contribution is 7.10. The molecule has 0 aliphatic carbocycles. The molecule has 96 valence electrons. The van der Waals surface area contributed by atoms with Gasteiger partial charge in [0.2, 0.25) is 0 Å². The predicted molar refractivity (Wildman–Crippen MR) is 69.4 cm³/mol. The molecule has 0 spiro atoms. The zero-order chi connectivity index (χ0) is 12.1. The van der Waals surface area contributed by atoms with Crippen LogP contribution in [0.4, 0.5) is 5.00 Å². The molecule has 17 heavy (non-hydrogen) atoms. The molecule has 0 bridgehead atoms. The molecule has 2 rings (SSSR count). The minimum Gasteiger partial charge on any atom is -0.378 e. The van der Waals surface area contributed by atoms with Crippen LogP contribution in [0.5, 0.6) is 0 Å². The van der Waals surface area contributed by atoms with Crippen LogP contribution in [0.1, 0.15) is 26.0 Å². The molecule has 1 aromatic rings. The Hall–Kier alpha value is -0.720. The molecule has 1 atom stereocenters. The Kier molecular flexibility index (Phi) is 4.70. The Labute approximate surface area is 106 Å². The van der Waals surface area contributed by atoms with Crippen molar-refractivity contribution in [3.63, 3.8) is 0 Å². The average molecular weight is 256 g/mol. The van der Waals surface area contributed by atoms with Crippen LogP contribution in [-0.4, -0.2) is 46.8 Å². The molecule has 1 fully saturated rings. The highest BCUT2D eigenvalue weighted by Gasteiger charge is 2.23. The Bertz CT molecular complexity index is 344. The number of aromatic nitrogens is 2. The van der Waals surface area contributed by atoms with E-state index in [0.717, 1.165) is 50.0 Å². The third-order valence-corrected chi connectivity index (χ3v) is 3.79. The number of nitrogens with one attached hydrogen (secondary N) is 1. The minimum absolute atomic E-state index is 0.514. The molecule has 2 heterocycles. The number of anilines is 1. The monoisotopic (exact) mass is 256 g/mol. The van der Waals surface area contributed by atoms with Crippen LogP contribution in [0.15, 0.2) is 0 Å². The van der Waals surface area contributed by atoms with E-state index < -0.39 is 0 Å². The number of rotatable bonds is 5. The van der Waals surface area contributed by atoms with E-state index in [9.17, 15) is 0 Å². The molecule has 6 heteroatoms. The fourth-order valence-corrected chi connectivity index (χ4v) is 2.71. The number of hydrogen-bond acceptors (Lipinski definition) is 6. The second-order valence-electron chi connectivity index (χ2n) is 4.19. The molecule has 0 aromatic carbocycles. The van der Waals surface area contributed by atoms with Gasteiger partial charge in [0.05, 0.1) is 13.2 Å². The Morgan fingerprint density at radius 2 is 2.41 bits per heavy atom. The van der Waals surface area contributed by atoms with Gasteiger partial charge >= 0.3 is 0 Å². The van der Waals surface area contributed by atoms with Crippen molar-refractivity contribution in [1.29, 1.82) is 0 Å². The van der Waals surface area contributed by atoms with Crippen LogP contribution in [0.25, 0.3) is 0 Å². The first-order valence-electron chi connectivity index (χ1n) is 6.22. The SMILES string of the molecule is CCNc1snnc1CN1CCOCC1CC. The molecule has 1 aliphatic heterocycles. The van der Waals surface area contributed by atoms with E-state index >= 15 is 0 Å². The quantitative estimate of drug-likeness (QED) is 0.867. The lowest BCUT2D eigenvalue weighted by Gasteiger charge is -2.34. The van der Waals surface area contributed by atoms with Crippen molar-refractivity contribution in [2.24, 2.45) is 0 Å². The first kappa shape index (κ1) is 12.7. The van der Waals surface area contributed by atoms with Gasteiger partial charge in [-0.2, -0.15) is 0 Å². The van der Waals surface area contributed by atoms with E-state index in [-0.39, 0.29) is 0 Å². The number of hydrogen-bond donors (Lipinski definition) is 1. The Morgan fingerprint density at radius 1 is 1.53 bits per heavy atom. The van der Waals surface area contributed by atoms with Gasteiger partial charge in [-0.15, -0.1) is 5.10 Å². The second kappa shape index (κ2) is 6.28. The molecule has 1 N–H and O–H groups in total. The molecular formula is C11H20N4OS. The first-order valence-corrected chi connectivity index (χ1v) is 6.99. The topological polar surface area (TPSA) is 50.3 Å². The molecule has 0 radical (unpaired) electrons. The molecule has 1 aliphatic rings. The second-order valence-corrected chi connectivity index (χ2v) is 4.94. The van der Waals surface area contributed by atoms with Crippen LogP contribution in [0.2, 0.25) is 0 Å². The van der Waals surface area contributed by atoms with Crippen molar-refractivity contribution in [3.05, 3.63) is 5.69 Å². The number of nitrogens with zero attached hydrogens (tertiary/aromatic N) is 3. The maximum absolute atomic E-state index is 5.51. The number of ether oxygens (including phenoxy) is 1. The van der Waals surface area contributed by atoms with Crippen LogP contribution < -0.4 is 5.32 Å². The maximum Gasteiger partial charge on any atom is 0.134 e. The third kappa shape index (κ3) is 3.14. The van der Waals surface area contributed by atoms with E-state index in [1.54, 1.807) is 0 Å². The molecular weight excluding hydrogens is 236 g/mol.